The second-order valence-electron chi connectivity index (χ2n) is 5.69. The van der Waals surface area contributed by atoms with Crippen molar-refractivity contribution in [2.45, 2.75) is 25.1 Å². The molecule has 0 saturated heterocycles. The van der Waals surface area contributed by atoms with E-state index in [1.807, 2.05) is 54.6 Å². The van der Waals surface area contributed by atoms with Crippen molar-refractivity contribution < 1.29 is 17.9 Å². The van der Waals surface area contributed by atoms with Crippen molar-refractivity contribution in [2.75, 3.05) is 6.26 Å². The average Bonchev–Trinajstić information content (AvgIpc) is 2.54. The van der Waals surface area contributed by atoms with Gasteiger partial charge < -0.3 is 10.1 Å². The molecule has 2 aromatic carbocycles. The van der Waals surface area contributed by atoms with E-state index in [1.54, 1.807) is 6.92 Å². The van der Waals surface area contributed by atoms with Crippen LogP contribution in [-0.4, -0.2) is 25.8 Å². The molecule has 0 unspecified atom stereocenters. The van der Waals surface area contributed by atoms with Gasteiger partial charge in [0.25, 0.3) is 0 Å². The molecule has 2 atom stereocenters. The molecule has 0 bridgehead atoms. The van der Waals surface area contributed by atoms with Gasteiger partial charge in [0.1, 0.15) is 16.7 Å². The monoisotopic (exact) mass is 347 g/mol. The minimum absolute atomic E-state index is 0.299. The number of benzene rings is 2. The quantitative estimate of drug-likeness (QED) is 0.871. The summed E-state index contributed by atoms with van der Waals surface area (Å²) in [7, 11) is -3.40. The molecule has 0 aliphatic heterocycles. The molecule has 5 nitrogen and oxygen atoms in total. The van der Waals surface area contributed by atoms with E-state index in [0.29, 0.717) is 5.75 Å². The van der Waals surface area contributed by atoms with Crippen LogP contribution < -0.4 is 10.1 Å². The molecule has 0 saturated carbocycles. The Morgan fingerprint density at radius 2 is 1.50 bits per heavy atom. The number of sulfone groups is 1. The lowest BCUT2D eigenvalue weighted by molar-refractivity contribution is -0.121. The maximum Gasteiger partial charge on any atom is 0.238 e. The first-order chi connectivity index (χ1) is 11.3. The topological polar surface area (TPSA) is 72.5 Å². The van der Waals surface area contributed by atoms with Gasteiger partial charge in [-0.25, -0.2) is 8.42 Å². The van der Waals surface area contributed by atoms with E-state index in [9.17, 15) is 13.2 Å². The SMILES string of the molecule is C[C@H](C(=O)N[C@H](C)c1ccc(Oc2ccccc2)cc1)S(C)(=O)=O. The zero-order valence-electron chi connectivity index (χ0n) is 13.9. The van der Waals surface area contributed by atoms with Gasteiger partial charge in [0, 0.05) is 6.26 Å². The van der Waals surface area contributed by atoms with E-state index in [0.717, 1.165) is 17.6 Å². The van der Waals surface area contributed by atoms with Crippen LogP contribution in [0.25, 0.3) is 0 Å². The van der Waals surface area contributed by atoms with Gasteiger partial charge in [0.05, 0.1) is 6.04 Å². The summed E-state index contributed by atoms with van der Waals surface area (Å²) in [5.41, 5.74) is 0.865. The van der Waals surface area contributed by atoms with Crippen LogP contribution in [0.15, 0.2) is 54.6 Å². The maximum atomic E-state index is 12.0. The van der Waals surface area contributed by atoms with Crippen molar-refractivity contribution in [2.24, 2.45) is 0 Å². The molecule has 1 amide bonds. The first-order valence-corrected chi connectivity index (χ1v) is 9.55. The summed E-state index contributed by atoms with van der Waals surface area (Å²) < 4.78 is 28.6. The Morgan fingerprint density at radius 1 is 0.958 bits per heavy atom. The summed E-state index contributed by atoms with van der Waals surface area (Å²) in [6, 6.07) is 16.4. The van der Waals surface area contributed by atoms with Crippen molar-refractivity contribution >= 4 is 15.7 Å². The van der Waals surface area contributed by atoms with Gasteiger partial charge in [0.15, 0.2) is 9.84 Å². The number of amides is 1. The molecule has 1 N–H and O–H groups in total. The fourth-order valence-corrected chi connectivity index (χ4v) is 2.51. The molecule has 6 heteroatoms. The van der Waals surface area contributed by atoms with Crippen LogP contribution in [0.3, 0.4) is 0 Å². The molecule has 0 aliphatic carbocycles. The maximum absolute atomic E-state index is 12.0. The van der Waals surface area contributed by atoms with Gasteiger partial charge in [-0.1, -0.05) is 30.3 Å². The number of para-hydroxylation sites is 1. The number of hydrogen-bond donors (Lipinski definition) is 1. The molecule has 0 heterocycles. The Hall–Kier alpha value is -2.34. The smallest absolute Gasteiger partial charge is 0.238 e. The Labute approximate surface area is 142 Å². The molecule has 0 radical (unpaired) electrons. The Kier molecular flexibility index (Phi) is 5.62. The van der Waals surface area contributed by atoms with E-state index in [2.05, 4.69) is 5.32 Å². The number of rotatable bonds is 6. The van der Waals surface area contributed by atoms with E-state index in [-0.39, 0.29) is 6.04 Å². The molecule has 2 aromatic rings. The molecular weight excluding hydrogens is 326 g/mol. The molecule has 2 rings (SSSR count). The minimum Gasteiger partial charge on any atom is -0.457 e. The van der Waals surface area contributed by atoms with Crippen LogP contribution in [0, 0.1) is 0 Å². The van der Waals surface area contributed by atoms with Gasteiger partial charge in [-0.2, -0.15) is 0 Å². The fraction of sp³-hybridized carbons (Fsp3) is 0.278. The fourth-order valence-electron chi connectivity index (χ4n) is 2.06. The summed E-state index contributed by atoms with van der Waals surface area (Å²) >= 11 is 0. The largest absolute Gasteiger partial charge is 0.457 e. The molecule has 0 aliphatic rings. The third kappa shape index (κ3) is 4.83. The van der Waals surface area contributed by atoms with E-state index >= 15 is 0 Å². The van der Waals surface area contributed by atoms with E-state index < -0.39 is 21.0 Å². The molecular formula is C18H21NO4S. The number of nitrogens with one attached hydrogen (secondary N) is 1. The highest BCUT2D eigenvalue weighted by molar-refractivity contribution is 7.92. The normalized spacial score (nSPS) is 13.8. The number of ether oxygens (including phenoxy) is 1. The van der Waals surface area contributed by atoms with Crippen molar-refractivity contribution in [3.05, 3.63) is 60.2 Å². The number of carbonyl (C=O) groups is 1. The van der Waals surface area contributed by atoms with Crippen molar-refractivity contribution in [3.63, 3.8) is 0 Å². The van der Waals surface area contributed by atoms with Crippen LogP contribution in [0.2, 0.25) is 0 Å². The standard InChI is InChI=1S/C18H21NO4S/c1-13(19-18(20)14(2)24(3,21)22)15-9-11-17(12-10-15)23-16-7-5-4-6-8-16/h4-14H,1-3H3,(H,19,20)/t13-,14-/m1/s1. The minimum atomic E-state index is -3.40. The lowest BCUT2D eigenvalue weighted by atomic mass is 10.1. The van der Waals surface area contributed by atoms with E-state index in [1.165, 1.54) is 6.92 Å². The first-order valence-electron chi connectivity index (χ1n) is 7.59. The highest BCUT2D eigenvalue weighted by Crippen LogP contribution is 2.23. The highest BCUT2D eigenvalue weighted by atomic mass is 32.2. The predicted octanol–water partition coefficient (Wildman–Crippen LogP) is 3.09. The third-order valence-corrected chi connectivity index (χ3v) is 5.23. The Morgan fingerprint density at radius 3 is 2.04 bits per heavy atom. The van der Waals surface area contributed by atoms with Crippen LogP contribution in [0.4, 0.5) is 0 Å². The Balaban J connectivity index is 2.01. The molecule has 0 fully saturated rings. The van der Waals surface area contributed by atoms with Gasteiger partial charge in [-0.3, -0.25) is 4.79 Å². The van der Waals surface area contributed by atoms with Crippen molar-refractivity contribution in [3.8, 4) is 11.5 Å². The van der Waals surface area contributed by atoms with Crippen LogP contribution in [0.1, 0.15) is 25.5 Å². The first kappa shape index (κ1) is 18.0. The van der Waals surface area contributed by atoms with Crippen molar-refractivity contribution in [1.82, 2.24) is 5.32 Å². The second kappa shape index (κ2) is 7.49. The second-order valence-corrected chi connectivity index (χ2v) is 8.05. The zero-order valence-corrected chi connectivity index (χ0v) is 14.7. The molecule has 128 valence electrons. The van der Waals surface area contributed by atoms with Gasteiger partial charge in [-0.15, -0.1) is 0 Å². The Bertz CT molecular complexity index is 786. The molecule has 0 aromatic heterocycles. The number of carbonyl (C=O) groups excluding carboxylic acids is 1. The summed E-state index contributed by atoms with van der Waals surface area (Å²) in [5.74, 6) is 0.927. The lowest BCUT2D eigenvalue weighted by Gasteiger charge is -2.17. The summed E-state index contributed by atoms with van der Waals surface area (Å²) in [6.45, 7) is 3.19. The molecule has 0 spiro atoms. The summed E-state index contributed by atoms with van der Waals surface area (Å²) in [4.78, 5) is 12.0. The van der Waals surface area contributed by atoms with Crippen molar-refractivity contribution in [1.29, 1.82) is 0 Å². The van der Waals surface area contributed by atoms with Crippen LogP contribution >= 0.6 is 0 Å². The lowest BCUT2D eigenvalue weighted by Crippen LogP contribution is -2.38. The van der Waals surface area contributed by atoms with Gasteiger partial charge >= 0.3 is 0 Å². The van der Waals surface area contributed by atoms with Crippen LogP contribution in [-0.2, 0) is 14.6 Å². The van der Waals surface area contributed by atoms with E-state index in [4.69, 9.17) is 4.74 Å². The van der Waals surface area contributed by atoms with Gasteiger partial charge in [-0.05, 0) is 43.7 Å². The number of hydrogen-bond acceptors (Lipinski definition) is 4. The predicted molar refractivity (Wildman–Crippen MR) is 93.8 cm³/mol. The summed E-state index contributed by atoms with van der Waals surface area (Å²) in [6.07, 6.45) is 1.05. The van der Waals surface area contributed by atoms with Gasteiger partial charge in [0.2, 0.25) is 5.91 Å². The summed E-state index contributed by atoms with van der Waals surface area (Å²) in [5, 5.41) is 1.64. The zero-order chi connectivity index (χ0) is 17.7. The average molecular weight is 347 g/mol. The molecule has 24 heavy (non-hydrogen) atoms. The third-order valence-electron chi connectivity index (χ3n) is 3.73. The highest BCUT2D eigenvalue weighted by Gasteiger charge is 2.24. The van der Waals surface area contributed by atoms with Crippen LogP contribution in [0.5, 0.6) is 11.5 Å².